The Balaban J connectivity index is 1.70. The summed E-state index contributed by atoms with van der Waals surface area (Å²) in [7, 11) is 0. The summed E-state index contributed by atoms with van der Waals surface area (Å²) >= 11 is 1.33. The van der Waals surface area contributed by atoms with Crippen LogP contribution in [0.2, 0.25) is 0 Å². The Kier molecular flexibility index (Phi) is 4.53. The fraction of sp³-hybridized carbons (Fsp3) is 0.400. The molecule has 2 aliphatic heterocycles. The molecule has 2 amide bonds. The Bertz CT molecular complexity index is 651. The number of ether oxygens (including phenoxy) is 1. The van der Waals surface area contributed by atoms with Gasteiger partial charge in [-0.3, -0.25) is 9.59 Å². The fourth-order valence-corrected chi connectivity index (χ4v) is 3.71. The Hall–Kier alpha value is -2.06. The van der Waals surface area contributed by atoms with Crippen molar-refractivity contribution in [2.45, 2.75) is 22.6 Å². The van der Waals surface area contributed by atoms with Crippen LogP contribution in [0.4, 0.5) is 5.69 Å². The van der Waals surface area contributed by atoms with Crippen LogP contribution in [0.15, 0.2) is 29.2 Å². The zero-order valence-electron chi connectivity index (χ0n) is 12.2. The number of nitrogens with one attached hydrogen (secondary N) is 1. The minimum Gasteiger partial charge on any atom is -0.480 e. The van der Waals surface area contributed by atoms with Gasteiger partial charge in [-0.25, -0.2) is 4.79 Å². The first-order chi connectivity index (χ1) is 11.1. The molecule has 2 aliphatic rings. The van der Waals surface area contributed by atoms with E-state index < -0.39 is 17.3 Å². The molecule has 23 heavy (non-hydrogen) atoms. The average molecular weight is 336 g/mol. The summed E-state index contributed by atoms with van der Waals surface area (Å²) in [6.45, 7) is 0.516. The van der Waals surface area contributed by atoms with Crippen molar-refractivity contribution in [3.8, 4) is 0 Å². The lowest BCUT2D eigenvalue weighted by Crippen LogP contribution is -2.53. The summed E-state index contributed by atoms with van der Waals surface area (Å²) in [5.41, 5.74) is 0.737. The summed E-state index contributed by atoms with van der Waals surface area (Å²) < 4.78 is 5.12. The molecule has 7 nitrogen and oxygen atoms in total. The Morgan fingerprint density at radius 2 is 2.17 bits per heavy atom. The molecule has 2 N–H and O–H groups in total. The van der Waals surface area contributed by atoms with Gasteiger partial charge < -0.3 is 20.1 Å². The minimum absolute atomic E-state index is 0.0199. The zero-order valence-corrected chi connectivity index (χ0v) is 13.0. The van der Waals surface area contributed by atoms with Gasteiger partial charge in [-0.05, 0) is 12.1 Å². The van der Waals surface area contributed by atoms with Crippen molar-refractivity contribution in [3.05, 3.63) is 24.3 Å². The number of carboxylic acids is 1. The third-order valence-corrected chi connectivity index (χ3v) is 5.08. The van der Waals surface area contributed by atoms with Crippen LogP contribution >= 0.6 is 11.8 Å². The number of morpholine rings is 1. The largest absolute Gasteiger partial charge is 0.480 e. The normalized spacial score (nSPS) is 23.8. The van der Waals surface area contributed by atoms with Crippen LogP contribution in [0.1, 0.15) is 6.42 Å². The SMILES string of the molecule is O=C1Nc2ccccc2S[C@H]1CC(=O)N1CCOC[C@@H]1C(=O)O. The number of hydrogen-bond donors (Lipinski definition) is 2. The molecule has 3 rings (SSSR count). The molecule has 0 radical (unpaired) electrons. The van der Waals surface area contributed by atoms with Gasteiger partial charge in [-0.1, -0.05) is 12.1 Å². The second-order valence-electron chi connectivity index (χ2n) is 5.31. The van der Waals surface area contributed by atoms with Crippen molar-refractivity contribution in [1.29, 1.82) is 0 Å². The lowest BCUT2D eigenvalue weighted by atomic mass is 10.1. The standard InChI is InChI=1S/C15H16N2O5S/c18-13(17-5-6-22-8-10(17)15(20)21)7-12-14(19)16-9-3-1-2-4-11(9)23-12/h1-4,10,12H,5-8H2,(H,16,19)(H,20,21)/t10-,12+/m1/s1. The van der Waals surface area contributed by atoms with Gasteiger partial charge in [0.15, 0.2) is 6.04 Å². The van der Waals surface area contributed by atoms with Gasteiger partial charge in [0.25, 0.3) is 0 Å². The highest BCUT2D eigenvalue weighted by molar-refractivity contribution is 8.01. The monoisotopic (exact) mass is 336 g/mol. The maximum atomic E-state index is 12.5. The van der Waals surface area contributed by atoms with E-state index in [0.29, 0.717) is 6.61 Å². The number of para-hydroxylation sites is 1. The number of thioether (sulfide) groups is 1. The molecule has 8 heteroatoms. The number of benzene rings is 1. The van der Waals surface area contributed by atoms with Crippen LogP contribution in [0, 0.1) is 0 Å². The molecule has 2 heterocycles. The number of aliphatic carboxylic acids is 1. The smallest absolute Gasteiger partial charge is 0.328 e. The van der Waals surface area contributed by atoms with E-state index in [1.165, 1.54) is 16.7 Å². The maximum absolute atomic E-state index is 12.5. The molecule has 2 atom stereocenters. The Labute approximate surface area is 137 Å². The van der Waals surface area contributed by atoms with Crippen molar-refractivity contribution in [2.24, 2.45) is 0 Å². The molecule has 1 aromatic rings. The van der Waals surface area contributed by atoms with Crippen molar-refractivity contribution >= 4 is 35.2 Å². The van der Waals surface area contributed by atoms with Crippen LogP contribution in [-0.2, 0) is 19.1 Å². The van der Waals surface area contributed by atoms with Gasteiger partial charge in [0.1, 0.15) is 0 Å². The van der Waals surface area contributed by atoms with E-state index in [4.69, 9.17) is 4.74 Å². The molecular weight excluding hydrogens is 320 g/mol. The Morgan fingerprint density at radius 1 is 1.39 bits per heavy atom. The summed E-state index contributed by atoms with van der Waals surface area (Å²) in [6.07, 6.45) is -0.0331. The van der Waals surface area contributed by atoms with Crippen molar-refractivity contribution in [2.75, 3.05) is 25.1 Å². The van der Waals surface area contributed by atoms with E-state index >= 15 is 0 Å². The lowest BCUT2D eigenvalue weighted by molar-refractivity contribution is -0.158. The molecule has 0 spiro atoms. The lowest BCUT2D eigenvalue weighted by Gasteiger charge is -2.34. The number of carbonyl (C=O) groups excluding carboxylic acids is 2. The van der Waals surface area contributed by atoms with Gasteiger partial charge in [-0.2, -0.15) is 0 Å². The molecule has 1 fully saturated rings. The van der Waals surface area contributed by atoms with Crippen LogP contribution in [0.3, 0.4) is 0 Å². The highest BCUT2D eigenvalue weighted by atomic mass is 32.2. The van der Waals surface area contributed by atoms with Gasteiger partial charge in [0, 0.05) is 17.9 Å². The van der Waals surface area contributed by atoms with E-state index in [2.05, 4.69) is 5.32 Å². The summed E-state index contributed by atoms with van der Waals surface area (Å²) in [6, 6.07) is 6.40. The highest BCUT2D eigenvalue weighted by Gasteiger charge is 2.36. The van der Waals surface area contributed by atoms with Crippen LogP contribution in [0.25, 0.3) is 0 Å². The van der Waals surface area contributed by atoms with Gasteiger partial charge >= 0.3 is 5.97 Å². The van der Waals surface area contributed by atoms with Gasteiger partial charge in [0.05, 0.1) is 24.2 Å². The zero-order chi connectivity index (χ0) is 16.4. The van der Waals surface area contributed by atoms with Crippen LogP contribution < -0.4 is 5.32 Å². The van der Waals surface area contributed by atoms with Crippen molar-refractivity contribution < 1.29 is 24.2 Å². The third-order valence-electron chi connectivity index (χ3n) is 3.80. The number of carbonyl (C=O) groups is 3. The summed E-state index contributed by atoms with van der Waals surface area (Å²) in [5.74, 6) is -1.67. The molecule has 0 unspecified atom stereocenters. The maximum Gasteiger partial charge on any atom is 0.328 e. The average Bonchev–Trinajstić information content (AvgIpc) is 2.55. The first-order valence-corrected chi connectivity index (χ1v) is 8.11. The third kappa shape index (κ3) is 3.32. The predicted octanol–water partition coefficient (Wildman–Crippen LogP) is 0.801. The molecule has 0 bridgehead atoms. The Morgan fingerprint density at radius 3 is 2.96 bits per heavy atom. The van der Waals surface area contributed by atoms with Crippen molar-refractivity contribution in [3.63, 3.8) is 0 Å². The number of rotatable bonds is 3. The molecular formula is C15H16N2O5S. The second kappa shape index (κ2) is 6.59. The quantitative estimate of drug-likeness (QED) is 0.848. The highest BCUT2D eigenvalue weighted by Crippen LogP contribution is 2.36. The minimum atomic E-state index is -1.09. The van der Waals surface area contributed by atoms with Gasteiger partial charge in [-0.15, -0.1) is 11.8 Å². The number of hydrogen-bond acceptors (Lipinski definition) is 5. The van der Waals surface area contributed by atoms with E-state index in [0.717, 1.165) is 10.6 Å². The van der Waals surface area contributed by atoms with Crippen molar-refractivity contribution in [1.82, 2.24) is 4.90 Å². The number of fused-ring (bicyclic) bond motifs is 1. The molecule has 1 saturated heterocycles. The topological polar surface area (TPSA) is 95.9 Å². The molecule has 0 aromatic heterocycles. The van der Waals surface area contributed by atoms with Crippen LogP contribution in [-0.4, -0.2) is 58.8 Å². The fourth-order valence-electron chi connectivity index (χ4n) is 2.61. The molecule has 0 saturated carbocycles. The first-order valence-electron chi connectivity index (χ1n) is 7.23. The predicted molar refractivity (Wildman–Crippen MR) is 83.3 cm³/mol. The number of amides is 2. The number of nitrogens with zero attached hydrogens (tertiary/aromatic N) is 1. The summed E-state index contributed by atoms with van der Waals surface area (Å²) in [5, 5.41) is 11.4. The van der Waals surface area contributed by atoms with Gasteiger partial charge in [0.2, 0.25) is 11.8 Å². The summed E-state index contributed by atoms with van der Waals surface area (Å²) in [4.78, 5) is 38.0. The van der Waals surface area contributed by atoms with E-state index in [9.17, 15) is 19.5 Å². The van der Waals surface area contributed by atoms with Crippen LogP contribution in [0.5, 0.6) is 0 Å². The van der Waals surface area contributed by atoms with E-state index in [1.54, 1.807) is 6.07 Å². The molecule has 122 valence electrons. The van der Waals surface area contributed by atoms with E-state index in [1.807, 2.05) is 18.2 Å². The molecule has 1 aromatic carbocycles. The second-order valence-corrected chi connectivity index (χ2v) is 6.56. The number of carboxylic acid groups (broad SMARTS) is 1. The molecule has 0 aliphatic carbocycles. The number of anilines is 1. The first kappa shape index (κ1) is 15.8. The van der Waals surface area contributed by atoms with E-state index in [-0.39, 0.29) is 31.4 Å².